The molecule has 16 heteroatoms. The van der Waals surface area contributed by atoms with Crippen LogP contribution in [0.2, 0.25) is 0 Å². The Morgan fingerprint density at radius 1 is 0.493 bits per heavy atom. The van der Waals surface area contributed by atoms with Crippen molar-refractivity contribution in [2.45, 2.75) is 6.92 Å². The minimum Gasteiger partial charge on any atom is -0.258 e. The monoisotopic (exact) mass is 866 g/mol. The Morgan fingerprint density at radius 2 is 0.955 bits per heavy atom. The van der Waals surface area contributed by atoms with E-state index in [1.165, 1.54) is 6.07 Å². The Kier molecular flexibility index (Phi) is 14.5. The van der Waals surface area contributed by atoms with E-state index in [0.29, 0.717) is 32.0 Å². The van der Waals surface area contributed by atoms with Gasteiger partial charge in [0.25, 0.3) is 17.1 Å². The molecule has 6 aromatic rings. The van der Waals surface area contributed by atoms with Crippen molar-refractivity contribution in [1.82, 2.24) is 0 Å². The van der Waals surface area contributed by atoms with Crippen molar-refractivity contribution in [1.29, 1.82) is 15.8 Å². The molecule has 7 rings (SSSR count). The molecule has 310 valence electrons. The van der Waals surface area contributed by atoms with E-state index in [4.69, 9.17) is 56.5 Å². The van der Waals surface area contributed by atoms with E-state index in [9.17, 15) is 25.5 Å². The Bertz CT molecular complexity index is 3730. The number of benzene rings is 6. The van der Waals surface area contributed by atoms with E-state index in [2.05, 4.69) is 33.9 Å². The van der Waals surface area contributed by atoms with Crippen LogP contribution in [0.1, 0.15) is 16.7 Å². The van der Waals surface area contributed by atoms with E-state index >= 15 is 0 Å². The SMILES string of the molecule is [C-]#[N+]/C(C#N)=C1\c2cc(C)ccc2-c2c1cc([N+](=O)[O-])cc2[N+](=O)[O-].[C-]#[N+]C([N+]#[C-])=c1ccc(=c2ccc(=C(C#N)C#N)cc2)cc1.[C-]#[N+]C([N+]#[C-])=c1ccc2cc(=C([N+]#[C-])[N+]#[C-])ccc2c1. The molecule has 0 amide bonds. The predicted molar refractivity (Wildman–Crippen MR) is 246 cm³/mol. The molecule has 0 fully saturated rings. The third-order valence-electron chi connectivity index (χ3n) is 9.81. The van der Waals surface area contributed by atoms with E-state index in [-0.39, 0.29) is 45.4 Å². The largest absolute Gasteiger partial charge is 0.526 e. The van der Waals surface area contributed by atoms with Gasteiger partial charge in [0.2, 0.25) is 0 Å². The molecule has 16 nitrogen and oxygen atoms in total. The van der Waals surface area contributed by atoms with Gasteiger partial charge >= 0.3 is 17.5 Å². The van der Waals surface area contributed by atoms with Gasteiger partial charge in [0.15, 0.2) is 0 Å². The summed E-state index contributed by atoms with van der Waals surface area (Å²) in [5.74, 6) is 0.111. The fourth-order valence-corrected chi connectivity index (χ4v) is 6.74. The lowest BCUT2D eigenvalue weighted by Crippen LogP contribution is -2.04. The van der Waals surface area contributed by atoms with Crippen LogP contribution in [0.4, 0.5) is 11.4 Å². The Labute approximate surface area is 380 Å². The quantitative estimate of drug-likeness (QED) is 0.0719. The average molecular weight is 867 g/mol. The highest BCUT2D eigenvalue weighted by Crippen LogP contribution is 2.51. The molecule has 0 unspecified atom stereocenters. The molecule has 0 saturated carbocycles. The highest BCUT2D eigenvalue weighted by molar-refractivity contribution is 6.07. The van der Waals surface area contributed by atoms with Crippen LogP contribution in [0.5, 0.6) is 0 Å². The van der Waals surface area contributed by atoms with Crippen molar-refractivity contribution in [3.63, 3.8) is 0 Å². The van der Waals surface area contributed by atoms with Crippen molar-refractivity contribution < 1.29 is 9.85 Å². The molecular weight excluding hydrogens is 845 g/mol. The summed E-state index contributed by atoms with van der Waals surface area (Å²) in [4.78, 5) is 43.5. The summed E-state index contributed by atoms with van der Waals surface area (Å²) in [5.41, 5.74) is 1.28. The van der Waals surface area contributed by atoms with Gasteiger partial charge in [-0.15, -0.1) is 0 Å². The minimum absolute atomic E-state index is 0.0329. The van der Waals surface area contributed by atoms with Crippen molar-refractivity contribution in [3.8, 4) is 29.3 Å². The van der Waals surface area contributed by atoms with Crippen molar-refractivity contribution in [2.24, 2.45) is 0 Å². The van der Waals surface area contributed by atoms with Gasteiger partial charge in [0, 0.05) is 16.9 Å². The zero-order valence-corrected chi connectivity index (χ0v) is 34.5. The number of hydrogen-bond donors (Lipinski definition) is 0. The van der Waals surface area contributed by atoms with Crippen LogP contribution in [0.3, 0.4) is 0 Å². The van der Waals surface area contributed by atoms with Crippen LogP contribution >= 0.6 is 0 Å². The predicted octanol–water partition coefficient (Wildman–Crippen LogP) is 8.72. The molecule has 1 aliphatic rings. The zero-order valence-electron chi connectivity index (χ0n) is 34.5. The first kappa shape index (κ1) is 46.6. The van der Waals surface area contributed by atoms with Gasteiger partial charge in [-0.25, -0.2) is 10.1 Å². The maximum absolute atomic E-state index is 11.5. The molecule has 0 N–H and O–H groups in total. The summed E-state index contributed by atoms with van der Waals surface area (Å²) in [6, 6.07) is 37.4. The number of nitro benzene ring substituents is 2. The first-order chi connectivity index (χ1) is 32.3. The average Bonchev–Trinajstić information content (AvgIpc) is 3.67. The van der Waals surface area contributed by atoms with Gasteiger partial charge in [-0.05, 0) is 57.0 Å². The fraction of sp³-hybridized carbons (Fsp3) is 0.0196. The smallest absolute Gasteiger partial charge is 0.258 e. The third-order valence-corrected chi connectivity index (χ3v) is 9.81. The number of allylic oxidation sites excluding steroid dienone is 1. The normalized spacial score (nSPS) is 10.4. The van der Waals surface area contributed by atoms with Crippen molar-refractivity contribution >= 4 is 50.8 Å². The van der Waals surface area contributed by atoms with Crippen LogP contribution in [0.25, 0.3) is 84.4 Å². The third kappa shape index (κ3) is 9.85. The lowest BCUT2D eigenvalue weighted by atomic mass is 10.0. The summed E-state index contributed by atoms with van der Waals surface area (Å²) in [6.07, 6.45) is 0. The van der Waals surface area contributed by atoms with E-state index in [1.54, 1.807) is 84.9 Å². The van der Waals surface area contributed by atoms with Crippen LogP contribution in [0, 0.1) is 118 Å². The van der Waals surface area contributed by atoms with E-state index < -0.39 is 21.2 Å². The van der Waals surface area contributed by atoms with Crippen LogP contribution < -0.4 is 20.9 Å². The number of nitrogens with zero attached hydrogens (tertiary/aromatic N) is 12. The fourth-order valence-electron chi connectivity index (χ4n) is 6.74. The lowest BCUT2D eigenvalue weighted by Gasteiger charge is -2.03. The first-order valence-corrected chi connectivity index (χ1v) is 18.7. The molecule has 1 aliphatic carbocycles. The molecule has 0 atom stereocenters. The number of rotatable bonds is 2. The van der Waals surface area contributed by atoms with Crippen LogP contribution in [-0.2, 0) is 0 Å². The number of hydrogen-bond acceptors (Lipinski definition) is 7. The zero-order chi connectivity index (χ0) is 48.8. The van der Waals surface area contributed by atoms with E-state index in [1.807, 2.05) is 43.3 Å². The van der Waals surface area contributed by atoms with Gasteiger partial charge in [-0.2, -0.15) is 39.6 Å². The number of non-ortho nitro benzene ring substituents is 1. The standard InChI is InChI=1S/C18H8N4.C17H8N4O4.C16H6N4/c1-21-18(22-2)16-9-7-14(8-10-16)13-3-5-15(6-4-13)17(11-19)12-20;1-9-3-4-11-12(5-9)16(14(8-18)19-2)13-6-10(20(22)23)7-15(17(11)13)21(24)25;1-17-15(18-2)13-7-5-12-10-14(16(19-3)20-4)8-6-11(12)9-13/h3-10H;3-7H,1H3;5-10H/b;16-14+;. The highest BCUT2D eigenvalue weighted by Gasteiger charge is 2.35. The second kappa shape index (κ2) is 20.8. The lowest BCUT2D eigenvalue weighted by molar-refractivity contribution is -0.393. The molecular formula is C51H22N12O4. The summed E-state index contributed by atoms with van der Waals surface area (Å²) in [7, 11) is 0. The van der Waals surface area contributed by atoms with Crippen molar-refractivity contribution in [3.05, 3.63) is 269 Å². The number of nitriles is 3. The van der Waals surface area contributed by atoms with Gasteiger partial charge in [-0.3, -0.25) is 20.2 Å². The molecule has 0 aromatic heterocycles. The Balaban J connectivity index is 0.000000189. The van der Waals surface area contributed by atoms with Crippen molar-refractivity contribution in [2.75, 3.05) is 0 Å². The summed E-state index contributed by atoms with van der Waals surface area (Å²) in [5, 5.41) is 55.5. The summed E-state index contributed by atoms with van der Waals surface area (Å²) < 4.78 is 0. The highest BCUT2D eigenvalue weighted by atomic mass is 16.6. The molecule has 6 aromatic carbocycles. The van der Waals surface area contributed by atoms with Gasteiger partial charge in [-0.1, -0.05) is 96.6 Å². The maximum Gasteiger partial charge on any atom is 0.526 e. The van der Waals surface area contributed by atoms with Crippen LogP contribution in [-0.4, -0.2) is 9.85 Å². The Morgan fingerprint density at radius 3 is 1.37 bits per heavy atom. The summed E-state index contributed by atoms with van der Waals surface area (Å²) >= 11 is 0. The molecule has 0 aliphatic heterocycles. The topological polar surface area (TPSA) is 188 Å². The number of nitro groups is 2. The molecule has 67 heavy (non-hydrogen) atoms. The second-order valence-electron chi connectivity index (χ2n) is 13.6. The number of fused-ring (bicyclic) bond motifs is 4. The molecule has 0 bridgehead atoms. The van der Waals surface area contributed by atoms with Gasteiger partial charge in [0.05, 0.1) is 49.8 Å². The maximum atomic E-state index is 11.5. The molecule has 0 radical (unpaired) electrons. The van der Waals surface area contributed by atoms with Gasteiger partial charge < -0.3 is 0 Å². The molecule has 0 spiro atoms. The minimum atomic E-state index is -0.733. The first-order valence-electron chi connectivity index (χ1n) is 18.7. The molecule has 0 saturated heterocycles. The number of aryl methyl sites for hydroxylation is 1. The van der Waals surface area contributed by atoms with Crippen LogP contribution in [0.15, 0.2) is 121 Å². The summed E-state index contributed by atoms with van der Waals surface area (Å²) in [6.45, 7) is 50.7. The second-order valence-corrected chi connectivity index (χ2v) is 13.6. The Hall–Kier alpha value is -11.5. The van der Waals surface area contributed by atoms with Gasteiger partial charge in [0.1, 0.15) is 57.1 Å². The molecule has 0 heterocycles. The van der Waals surface area contributed by atoms with E-state index in [0.717, 1.165) is 32.8 Å².